The van der Waals surface area contributed by atoms with Crippen LogP contribution in [0.3, 0.4) is 0 Å². The fraction of sp³-hybridized carbons (Fsp3) is 0.450. The molecule has 3 rings (SSSR count). The highest BCUT2D eigenvalue weighted by Gasteiger charge is 2.14. The highest BCUT2D eigenvalue weighted by Crippen LogP contribution is 2.17. The Balaban J connectivity index is 1.63. The molecule has 0 saturated carbocycles. The van der Waals surface area contributed by atoms with Gasteiger partial charge in [0, 0.05) is 29.9 Å². The summed E-state index contributed by atoms with van der Waals surface area (Å²) in [7, 11) is 0. The van der Waals surface area contributed by atoms with E-state index in [1.165, 1.54) is 0 Å². The van der Waals surface area contributed by atoms with Crippen LogP contribution >= 0.6 is 0 Å². The monoisotopic (exact) mass is 397 g/mol. The Morgan fingerprint density at radius 1 is 1.28 bits per heavy atom. The number of carbonyl (C=O) groups is 1. The Kier molecular flexibility index (Phi) is 6.26. The molecule has 0 atom stereocenters. The lowest BCUT2D eigenvalue weighted by molar-refractivity contribution is 0.0950. The van der Waals surface area contributed by atoms with Gasteiger partial charge in [-0.2, -0.15) is 5.10 Å². The Morgan fingerprint density at radius 2 is 2.07 bits per heavy atom. The van der Waals surface area contributed by atoms with Gasteiger partial charge in [-0.05, 0) is 63.2 Å². The second-order valence-electron chi connectivity index (χ2n) is 7.10. The SMILES string of the molecule is CCn1nc(C)c(CNC(=O)c2cccc(OCc3nnnn3C(C)C)c2)c1C. The summed E-state index contributed by atoms with van der Waals surface area (Å²) in [5.74, 6) is 1.06. The number of nitrogens with one attached hydrogen (secondary N) is 1. The van der Waals surface area contributed by atoms with Gasteiger partial charge in [-0.3, -0.25) is 9.48 Å². The van der Waals surface area contributed by atoms with Gasteiger partial charge in [-0.15, -0.1) is 5.10 Å². The van der Waals surface area contributed by atoms with E-state index in [0.717, 1.165) is 23.5 Å². The van der Waals surface area contributed by atoms with E-state index in [0.29, 0.717) is 23.7 Å². The Bertz CT molecular complexity index is 991. The molecule has 0 fully saturated rings. The first-order valence-electron chi connectivity index (χ1n) is 9.71. The smallest absolute Gasteiger partial charge is 0.251 e. The molecule has 1 amide bonds. The summed E-state index contributed by atoms with van der Waals surface area (Å²) in [4.78, 5) is 12.6. The minimum Gasteiger partial charge on any atom is -0.486 e. The average molecular weight is 397 g/mol. The lowest BCUT2D eigenvalue weighted by Gasteiger charge is -2.10. The number of carbonyl (C=O) groups excluding carboxylic acids is 1. The van der Waals surface area contributed by atoms with Crippen LogP contribution in [-0.2, 0) is 19.7 Å². The topological polar surface area (TPSA) is 99.8 Å². The van der Waals surface area contributed by atoms with Crippen LogP contribution in [0.15, 0.2) is 24.3 Å². The second kappa shape index (κ2) is 8.85. The molecule has 154 valence electrons. The Hall–Kier alpha value is -3.23. The van der Waals surface area contributed by atoms with Crippen LogP contribution in [0.4, 0.5) is 0 Å². The summed E-state index contributed by atoms with van der Waals surface area (Å²) in [5.41, 5.74) is 3.59. The molecule has 0 aliphatic heterocycles. The van der Waals surface area contributed by atoms with Crippen molar-refractivity contribution in [3.63, 3.8) is 0 Å². The summed E-state index contributed by atoms with van der Waals surface area (Å²) >= 11 is 0. The van der Waals surface area contributed by atoms with Crippen molar-refractivity contribution in [3.8, 4) is 5.75 Å². The number of aromatic nitrogens is 6. The third-order valence-corrected chi connectivity index (χ3v) is 4.77. The number of tetrazole rings is 1. The van der Waals surface area contributed by atoms with E-state index < -0.39 is 0 Å². The van der Waals surface area contributed by atoms with Gasteiger partial charge in [0.25, 0.3) is 5.91 Å². The van der Waals surface area contributed by atoms with Crippen molar-refractivity contribution in [2.45, 2.75) is 60.4 Å². The molecule has 0 saturated heterocycles. The van der Waals surface area contributed by atoms with Gasteiger partial charge in [-0.1, -0.05) is 6.07 Å². The molecule has 0 aliphatic rings. The zero-order valence-corrected chi connectivity index (χ0v) is 17.5. The Labute approximate surface area is 170 Å². The van der Waals surface area contributed by atoms with Crippen LogP contribution in [0, 0.1) is 13.8 Å². The first-order valence-corrected chi connectivity index (χ1v) is 9.71. The van der Waals surface area contributed by atoms with E-state index in [2.05, 4.69) is 25.9 Å². The van der Waals surface area contributed by atoms with Gasteiger partial charge in [0.1, 0.15) is 12.4 Å². The highest BCUT2D eigenvalue weighted by molar-refractivity contribution is 5.94. The van der Waals surface area contributed by atoms with E-state index in [-0.39, 0.29) is 18.6 Å². The highest BCUT2D eigenvalue weighted by atomic mass is 16.5. The van der Waals surface area contributed by atoms with Gasteiger partial charge in [0.05, 0.1) is 11.7 Å². The predicted molar refractivity (Wildman–Crippen MR) is 108 cm³/mol. The number of benzene rings is 1. The normalized spacial score (nSPS) is 11.1. The van der Waals surface area contributed by atoms with Crippen LogP contribution in [0.5, 0.6) is 5.75 Å². The number of hydrogen-bond donors (Lipinski definition) is 1. The van der Waals surface area contributed by atoms with Gasteiger partial charge in [-0.25, -0.2) is 4.68 Å². The fourth-order valence-corrected chi connectivity index (χ4v) is 3.15. The molecule has 9 heteroatoms. The standard InChI is InChI=1S/C20H27N7O2/c1-6-26-15(5)18(14(4)23-26)11-21-20(28)16-8-7-9-17(10-16)29-12-19-22-24-25-27(19)13(2)3/h7-10,13H,6,11-12H2,1-5H3,(H,21,28). The average Bonchev–Trinajstić information content (AvgIpc) is 3.29. The minimum absolute atomic E-state index is 0.143. The summed E-state index contributed by atoms with van der Waals surface area (Å²) in [5, 5.41) is 19.1. The molecule has 0 spiro atoms. The van der Waals surface area contributed by atoms with Crippen molar-refractivity contribution < 1.29 is 9.53 Å². The molecule has 2 heterocycles. The van der Waals surface area contributed by atoms with Gasteiger partial charge < -0.3 is 10.1 Å². The lowest BCUT2D eigenvalue weighted by Crippen LogP contribution is -2.23. The van der Waals surface area contributed by atoms with Gasteiger partial charge in [0.2, 0.25) is 0 Å². The molecular weight excluding hydrogens is 370 g/mol. The Morgan fingerprint density at radius 3 is 2.76 bits per heavy atom. The second-order valence-corrected chi connectivity index (χ2v) is 7.10. The zero-order valence-electron chi connectivity index (χ0n) is 17.5. The first kappa shape index (κ1) is 20.5. The first-order chi connectivity index (χ1) is 13.9. The number of aryl methyl sites for hydroxylation is 2. The number of amides is 1. The van der Waals surface area contributed by atoms with Crippen molar-refractivity contribution in [2.75, 3.05) is 0 Å². The molecule has 3 aromatic rings. The largest absolute Gasteiger partial charge is 0.486 e. The maximum absolute atomic E-state index is 12.6. The molecule has 1 aromatic carbocycles. The third kappa shape index (κ3) is 4.61. The van der Waals surface area contributed by atoms with Crippen molar-refractivity contribution >= 4 is 5.91 Å². The number of ether oxygens (including phenoxy) is 1. The van der Waals surface area contributed by atoms with Crippen LogP contribution in [-0.4, -0.2) is 35.9 Å². The van der Waals surface area contributed by atoms with Crippen molar-refractivity contribution in [1.29, 1.82) is 0 Å². The molecule has 2 aromatic heterocycles. The van der Waals surface area contributed by atoms with Crippen LogP contribution < -0.4 is 10.1 Å². The number of rotatable bonds is 8. The van der Waals surface area contributed by atoms with Gasteiger partial charge >= 0.3 is 0 Å². The van der Waals surface area contributed by atoms with E-state index in [9.17, 15) is 4.79 Å². The van der Waals surface area contributed by atoms with Crippen molar-refractivity contribution in [2.24, 2.45) is 0 Å². The van der Waals surface area contributed by atoms with E-state index in [4.69, 9.17) is 4.74 Å². The molecular formula is C20H27N7O2. The number of nitrogens with zero attached hydrogens (tertiary/aromatic N) is 6. The molecule has 0 radical (unpaired) electrons. The maximum atomic E-state index is 12.6. The van der Waals surface area contributed by atoms with Gasteiger partial charge in [0.15, 0.2) is 5.82 Å². The third-order valence-electron chi connectivity index (χ3n) is 4.77. The molecule has 9 nitrogen and oxygen atoms in total. The summed E-state index contributed by atoms with van der Waals surface area (Å²) < 4.78 is 9.44. The molecule has 29 heavy (non-hydrogen) atoms. The summed E-state index contributed by atoms with van der Waals surface area (Å²) in [6.45, 7) is 11.5. The summed E-state index contributed by atoms with van der Waals surface area (Å²) in [6.07, 6.45) is 0. The summed E-state index contributed by atoms with van der Waals surface area (Å²) in [6, 6.07) is 7.22. The zero-order chi connectivity index (χ0) is 21.0. The molecule has 0 aliphatic carbocycles. The minimum atomic E-state index is -0.162. The number of hydrogen-bond acceptors (Lipinski definition) is 6. The lowest BCUT2D eigenvalue weighted by atomic mass is 10.1. The van der Waals surface area contributed by atoms with Crippen molar-refractivity contribution in [1.82, 2.24) is 35.3 Å². The van der Waals surface area contributed by atoms with E-state index in [1.807, 2.05) is 39.3 Å². The molecule has 0 bridgehead atoms. The quantitative estimate of drug-likeness (QED) is 0.627. The van der Waals surface area contributed by atoms with Crippen LogP contribution in [0.25, 0.3) is 0 Å². The van der Waals surface area contributed by atoms with Crippen LogP contribution in [0.1, 0.15) is 59.9 Å². The molecule has 0 unspecified atom stereocenters. The predicted octanol–water partition coefficient (Wildman–Crippen LogP) is 2.60. The van der Waals surface area contributed by atoms with E-state index in [1.54, 1.807) is 28.9 Å². The fourth-order valence-electron chi connectivity index (χ4n) is 3.15. The van der Waals surface area contributed by atoms with Crippen molar-refractivity contribution in [3.05, 3.63) is 52.6 Å². The van der Waals surface area contributed by atoms with Crippen LogP contribution in [0.2, 0.25) is 0 Å². The van der Waals surface area contributed by atoms with E-state index >= 15 is 0 Å². The maximum Gasteiger partial charge on any atom is 0.251 e. The molecule has 1 N–H and O–H groups in total.